The van der Waals surface area contributed by atoms with E-state index >= 15 is 0 Å². The molecule has 0 aliphatic carbocycles. The third-order valence-corrected chi connectivity index (χ3v) is 5.51. The highest BCUT2D eigenvalue weighted by atomic mass is 16.4. The molecule has 0 spiro atoms. The highest BCUT2D eigenvalue weighted by Gasteiger charge is 2.54. The minimum atomic E-state index is -0.811. The second kappa shape index (κ2) is 4.57. The minimum absolute atomic E-state index is 0.460. The van der Waals surface area contributed by atoms with Gasteiger partial charge in [-0.1, -0.05) is 18.2 Å². The lowest BCUT2D eigenvalue weighted by Crippen LogP contribution is -2.34. The van der Waals surface area contributed by atoms with Crippen molar-refractivity contribution in [3.8, 4) is 0 Å². The first-order valence-electron chi connectivity index (χ1n) is 7.53. The van der Waals surface area contributed by atoms with E-state index < -0.39 is 5.97 Å². The van der Waals surface area contributed by atoms with Crippen molar-refractivity contribution in [2.24, 2.45) is 11.8 Å². The van der Waals surface area contributed by atoms with Crippen LogP contribution in [0.3, 0.4) is 0 Å². The second-order valence-corrected chi connectivity index (χ2v) is 6.33. The number of benzene rings is 1. The Bertz CT molecular complexity index is 527. The van der Waals surface area contributed by atoms with Crippen LogP contribution in [0.5, 0.6) is 0 Å². The number of hydrogen-bond acceptors (Lipinski definition) is 3. The number of rotatable bonds is 3. The second-order valence-electron chi connectivity index (χ2n) is 6.33. The van der Waals surface area contributed by atoms with Crippen molar-refractivity contribution in [2.75, 3.05) is 13.1 Å². The predicted molar refractivity (Wildman–Crippen MR) is 75.6 cm³/mol. The fourth-order valence-corrected chi connectivity index (χ4v) is 4.70. The molecule has 20 heavy (non-hydrogen) atoms. The minimum Gasteiger partial charge on any atom is -0.478 e. The van der Waals surface area contributed by atoms with Gasteiger partial charge in [-0.2, -0.15) is 0 Å². The maximum atomic E-state index is 11.3. The summed E-state index contributed by atoms with van der Waals surface area (Å²) >= 11 is 0. The Morgan fingerprint density at radius 1 is 1.20 bits per heavy atom. The summed E-state index contributed by atoms with van der Waals surface area (Å²) in [7, 11) is 0. The molecular formula is C16H20N2O2. The maximum absolute atomic E-state index is 11.3. The van der Waals surface area contributed by atoms with Crippen LogP contribution in [0.25, 0.3) is 0 Å². The first-order valence-corrected chi connectivity index (χ1v) is 7.53. The summed E-state index contributed by atoms with van der Waals surface area (Å²) in [5, 5.41) is 12.8. The van der Waals surface area contributed by atoms with Crippen LogP contribution in [0.4, 0.5) is 0 Å². The number of nitrogens with zero attached hydrogens (tertiary/aromatic N) is 1. The third kappa shape index (κ3) is 1.71. The van der Waals surface area contributed by atoms with Crippen molar-refractivity contribution in [3.05, 3.63) is 35.4 Å². The molecule has 4 heteroatoms. The summed E-state index contributed by atoms with van der Waals surface area (Å²) < 4.78 is 0. The molecule has 3 aliphatic heterocycles. The van der Waals surface area contributed by atoms with Crippen LogP contribution in [-0.2, 0) is 6.54 Å². The summed E-state index contributed by atoms with van der Waals surface area (Å²) in [4.78, 5) is 13.9. The molecule has 3 heterocycles. The molecule has 2 bridgehead atoms. The van der Waals surface area contributed by atoms with Crippen LogP contribution >= 0.6 is 0 Å². The number of fused-ring (bicyclic) bond motifs is 5. The van der Waals surface area contributed by atoms with E-state index in [1.54, 1.807) is 6.07 Å². The molecule has 1 aromatic rings. The molecule has 1 aromatic carbocycles. The number of carbonyl (C=O) groups is 1. The molecule has 3 saturated heterocycles. The highest BCUT2D eigenvalue weighted by molar-refractivity contribution is 5.89. The highest BCUT2D eigenvalue weighted by Crippen LogP contribution is 2.47. The fourth-order valence-electron chi connectivity index (χ4n) is 4.70. The smallest absolute Gasteiger partial charge is 0.336 e. The molecule has 2 N–H and O–H groups in total. The van der Waals surface area contributed by atoms with Crippen LogP contribution < -0.4 is 5.32 Å². The Kier molecular flexibility index (Phi) is 2.82. The Morgan fingerprint density at radius 2 is 1.85 bits per heavy atom. The molecule has 0 unspecified atom stereocenters. The van der Waals surface area contributed by atoms with Gasteiger partial charge in [-0.25, -0.2) is 4.79 Å². The monoisotopic (exact) mass is 272 g/mol. The first-order chi connectivity index (χ1) is 9.75. The molecule has 4 rings (SSSR count). The lowest BCUT2D eigenvalue weighted by atomic mass is 9.82. The Hall–Kier alpha value is -1.39. The average molecular weight is 272 g/mol. The van der Waals surface area contributed by atoms with Crippen LogP contribution in [0.15, 0.2) is 24.3 Å². The number of carboxylic acid groups (broad SMARTS) is 1. The molecule has 0 aromatic heterocycles. The lowest BCUT2D eigenvalue weighted by Gasteiger charge is -2.25. The van der Waals surface area contributed by atoms with E-state index in [2.05, 4.69) is 10.2 Å². The topological polar surface area (TPSA) is 52.6 Å². The van der Waals surface area contributed by atoms with Crippen LogP contribution in [0, 0.1) is 11.8 Å². The van der Waals surface area contributed by atoms with Gasteiger partial charge in [0.05, 0.1) is 5.56 Å². The maximum Gasteiger partial charge on any atom is 0.336 e. The summed E-state index contributed by atoms with van der Waals surface area (Å²) in [5.41, 5.74) is 1.42. The van der Waals surface area contributed by atoms with Gasteiger partial charge in [-0.3, -0.25) is 4.90 Å². The zero-order valence-corrected chi connectivity index (χ0v) is 11.5. The van der Waals surface area contributed by atoms with Crippen molar-refractivity contribution in [3.63, 3.8) is 0 Å². The van der Waals surface area contributed by atoms with Gasteiger partial charge in [0.25, 0.3) is 0 Å². The van der Waals surface area contributed by atoms with E-state index in [1.807, 2.05) is 18.2 Å². The Labute approximate surface area is 118 Å². The largest absolute Gasteiger partial charge is 0.478 e. The molecular weight excluding hydrogens is 252 g/mol. The Morgan fingerprint density at radius 3 is 2.50 bits per heavy atom. The summed E-state index contributed by atoms with van der Waals surface area (Å²) in [6.07, 6.45) is 2.56. The Balaban J connectivity index is 1.60. The molecule has 3 aliphatic rings. The molecule has 0 amide bonds. The first kappa shape index (κ1) is 12.4. The van der Waals surface area contributed by atoms with E-state index in [0.717, 1.165) is 37.0 Å². The van der Waals surface area contributed by atoms with Gasteiger partial charge in [0.1, 0.15) is 0 Å². The standard InChI is InChI=1S/C16H20N2O2/c19-16(20)11-4-2-1-3-10(11)9-18-14-5-6-15(18)13-8-17-7-12(13)14/h1-4,12-15,17H,5-9H2,(H,19,20)/t12-,13+,14-,15+. The van der Waals surface area contributed by atoms with Crippen molar-refractivity contribution in [2.45, 2.75) is 31.5 Å². The van der Waals surface area contributed by atoms with Gasteiger partial charge >= 0.3 is 5.97 Å². The quantitative estimate of drug-likeness (QED) is 0.877. The van der Waals surface area contributed by atoms with Crippen molar-refractivity contribution in [1.82, 2.24) is 10.2 Å². The lowest BCUT2D eigenvalue weighted by molar-refractivity contribution is 0.0694. The van der Waals surface area contributed by atoms with Crippen LogP contribution in [0.1, 0.15) is 28.8 Å². The van der Waals surface area contributed by atoms with Gasteiger partial charge in [-0.05, 0) is 49.4 Å². The number of nitrogens with one attached hydrogen (secondary N) is 1. The van der Waals surface area contributed by atoms with E-state index in [0.29, 0.717) is 17.6 Å². The van der Waals surface area contributed by atoms with Crippen molar-refractivity contribution >= 4 is 5.97 Å². The van der Waals surface area contributed by atoms with Crippen molar-refractivity contribution < 1.29 is 9.90 Å². The van der Waals surface area contributed by atoms with Crippen molar-refractivity contribution in [1.29, 1.82) is 0 Å². The average Bonchev–Trinajstić information content (AvgIpc) is 3.11. The fraction of sp³-hybridized carbons (Fsp3) is 0.562. The predicted octanol–water partition coefficient (Wildman–Crippen LogP) is 1.57. The number of hydrogen-bond donors (Lipinski definition) is 2. The van der Waals surface area contributed by atoms with Gasteiger partial charge in [-0.15, -0.1) is 0 Å². The summed E-state index contributed by atoms with van der Waals surface area (Å²) in [5.74, 6) is 0.755. The molecule has 0 radical (unpaired) electrons. The van der Waals surface area contributed by atoms with E-state index in [-0.39, 0.29) is 0 Å². The third-order valence-electron chi connectivity index (χ3n) is 5.51. The van der Waals surface area contributed by atoms with E-state index in [4.69, 9.17) is 0 Å². The molecule has 0 saturated carbocycles. The zero-order chi connectivity index (χ0) is 13.7. The van der Waals surface area contributed by atoms with Gasteiger partial charge in [0, 0.05) is 18.6 Å². The number of aromatic carboxylic acids is 1. The number of carboxylic acids is 1. The summed E-state index contributed by atoms with van der Waals surface area (Å²) in [6.45, 7) is 3.08. The van der Waals surface area contributed by atoms with E-state index in [9.17, 15) is 9.90 Å². The van der Waals surface area contributed by atoms with Gasteiger partial charge in [0.2, 0.25) is 0 Å². The van der Waals surface area contributed by atoms with Gasteiger partial charge in [0.15, 0.2) is 0 Å². The normalized spacial score (nSPS) is 35.4. The molecule has 106 valence electrons. The van der Waals surface area contributed by atoms with Gasteiger partial charge < -0.3 is 10.4 Å². The zero-order valence-electron chi connectivity index (χ0n) is 11.5. The van der Waals surface area contributed by atoms with E-state index in [1.165, 1.54) is 12.8 Å². The molecule has 4 atom stereocenters. The van der Waals surface area contributed by atoms with Crippen LogP contribution in [0.2, 0.25) is 0 Å². The summed E-state index contributed by atoms with van der Waals surface area (Å²) in [6, 6.07) is 8.75. The molecule has 4 nitrogen and oxygen atoms in total. The SMILES string of the molecule is O=C(O)c1ccccc1CN1[C@@H]2CC[C@H]1[C@H]1CNC[C@H]12. The van der Waals surface area contributed by atoms with Crippen LogP contribution in [-0.4, -0.2) is 41.1 Å². The molecule has 3 fully saturated rings.